The number of thiocarbonyl (C=S) groups is 1. The number of rotatable bonds is 0. The first-order chi connectivity index (χ1) is 16.4. The van der Waals surface area contributed by atoms with Crippen LogP contribution in [0.5, 0.6) is 0 Å². The van der Waals surface area contributed by atoms with Crippen molar-refractivity contribution in [3.63, 3.8) is 0 Å². The van der Waals surface area contributed by atoms with E-state index in [2.05, 4.69) is 37.1 Å². The van der Waals surface area contributed by atoms with Gasteiger partial charge in [0.25, 0.3) is 0 Å². The molecule has 0 aromatic carbocycles. The van der Waals surface area contributed by atoms with Crippen molar-refractivity contribution in [2.45, 2.75) is 0 Å². The minimum atomic E-state index is 0. The predicted octanol–water partition coefficient (Wildman–Crippen LogP) is 5.93. The number of isothiocyanates is 1. The van der Waals surface area contributed by atoms with Gasteiger partial charge in [0.15, 0.2) is 0 Å². The molecule has 0 saturated heterocycles. The molecule has 5 aromatic heterocycles. The summed E-state index contributed by atoms with van der Waals surface area (Å²) in [5.74, 6) is 0. The van der Waals surface area contributed by atoms with Crippen LogP contribution in [0.4, 0.5) is 0 Å². The number of hydrogen-bond donors (Lipinski definition) is 0. The molecule has 0 atom stereocenters. The maximum Gasteiger partial charge on any atom is 3.00 e. The zero-order chi connectivity index (χ0) is 23.9. The molecule has 41 heavy (non-hydrogen) atoms. The minimum absolute atomic E-state index is 0. The molecule has 7 nitrogen and oxygen atoms in total. The largest absolute Gasteiger partial charge is 3.00 e. The Morgan fingerprint density at radius 1 is 0.366 bits per heavy atom. The minimum Gasteiger partial charge on any atom is -2.00 e. The maximum absolute atomic E-state index is 7.13. The normalized spacial score (nSPS) is 6.05. The number of pyridine rings is 5. The molecule has 0 aliphatic rings. The Hall–Kier alpha value is -1.19. The second-order valence-corrected chi connectivity index (χ2v) is 5.40. The molecule has 228 valence electrons. The summed E-state index contributed by atoms with van der Waals surface area (Å²) in [5.41, 5.74) is 0. The zero-order valence-corrected chi connectivity index (χ0v) is 29.1. The van der Waals surface area contributed by atoms with Gasteiger partial charge in [0, 0.05) is 62.0 Å². The fourth-order valence-electron chi connectivity index (χ4n) is 1.56. The summed E-state index contributed by atoms with van der Waals surface area (Å²) in [6.07, 6.45) is 17.5. The van der Waals surface area contributed by atoms with Crippen LogP contribution in [0, 0.1) is 0 Å². The Labute approximate surface area is 315 Å². The summed E-state index contributed by atoms with van der Waals surface area (Å²) in [6, 6.07) is 28.6. The topological polar surface area (TPSA) is 115 Å². The fourth-order valence-corrected chi connectivity index (χ4v) is 1.56. The van der Waals surface area contributed by atoms with E-state index < -0.39 is 0 Å². The van der Waals surface area contributed by atoms with E-state index in [9.17, 15) is 0 Å². The van der Waals surface area contributed by atoms with Gasteiger partial charge in [0.05, 0.1) is 0 Å². The Balaban J connectivity index is -0.0000000416. The third kappa shape index (κ3) is 63.4. The van der Waals surface area contributed by atoms with E-state index in [1.807, 2.05) is 91.0 Å². The monoisotopic (exact) mass is 852 g/mol. The molecule has 0 aliphatic heterocycles. The van der Waals surface area contributed by atoms with Crippen molar-refractivity contribution in [2.75, 3.05) is 0 Å². The third-order valence-electron chi connectivity index (χ3n) is 2.83. The van der Waals surface area contributed by atoms with Crippen LogP contribution < -0.4 is 0 Å². The van der Waals surface area contributed by atoms with Crippen LogP contribution in [0.15, 0.2) is 153 Å². The van der Waals surface area contributed by atoms with E-state index in [-0.39, 0.29) is 118 Å². The van der Waals surface area contributed by atoms with Crippen LogP contribution in [0.25, 0.3) is 5.41 Å². The molecule has 5 rings (SSSR count). The van der Waals surface area contributed by atoms with Gasteiger partial charge in [-0.05, 0) is 60.7 Å². The number of hydrogen-bond acceptors (Lipinski definition) is 6. The van der Waals surface area contributed by atoms with Crippen molar-refractivity contribution in [3.05, 3.63) is 158 Å². The summed E-state index contributed by atoms with van der Waals surface area (Å²) >= 11 is 3.70. The molecule has 5 aromatic rings. The summed E-state index contributed by atoms with van der Waals surface area (Å²) in [4.78, 5) is 18.9. The van der Waals surface area contributed by atoms with Crippen LogP contribution in [0.2, 0.25) is 0 Å². The third-order valence-corrected chi connectivity index (χ3v) is 2.83. The van der Waals surface area contributed by atoms with Gasteiger partial charge in [-0.2, -0.15) is 5.16 Å². The summed E-state index contributed by atoms with van der Waals surface area (Å²) in [5, 5.41) is 8.47. The van der Waals surface area contributed by atoms with E-state index in [1.54, 1.807) is 62.0 Å². The first-order valence-electron chi connectivity index (χ1n) is 9.68. The van der Waals surface area contributed by atoms with Crippen molar-refractivity contribution < 1.29 is 77.7 Å². The van der Waals surface area contributed by atoms with Crippen LogP contribution >= 0.6 is 12.2 Å². The average molecular weight is 852 g/mol. The second-order valence-electron chi connectivity index (χ2n) is 5.21. The first kappa shape index (κ1) is 63.2. The Bertz CT molecular complexity index is 695. The van der Waals surface area contributed by atoms with Crippen LogP contribution in [-0.2, 0) is 118 Å². The second kappa shape index (κ2) is 62.4. The fraction of sp³-hybridized carbons (Fsp3) is 0. The van der Waals surface area contributed by atoms with E-state index in [0.29, 0.717) is 0 Å². The van der Waals surface area contributed by atoms with Gasteiger partial charge in [-0.1, -0.05) is 42.5 Å². The predicted molar refractivity (Wildman–Crippen MR) is 160 cm³/mol. The average Bonchev–Trinajstić information content (AvgIpc) is 2.95. The van der Waals surface area contributed by atoms with Crippen molar-refractivity contribution >= 4 is 57.9 Å². The molecule has 0 spiro atoms. The van der Waals surface area contributed by atoms with Gasteiger partial charge >= 0.3 is 72.3 Å². The smallest absolute Gasteiger partial charge is 2.00 e. The molecule has 0 saturated carbocycles. The Morgan fingerprint density at radius 3 is 0.488 bits per heavy atom. The summed E-state index contributed by atoms with van der Waals surface area (Å²) < 4.78 is 0. The van der Waals surface area contributed by atoms with Crippen LogP contribution in [0.1, 0.15) is 0 Å². The van der Waals surface area contributed by atoms with Crippen LogP contribution in [0.3, 0.4) is 0 Å². The van der Waals surface area contributed by atoms with Crippen molar-refractivity contribution in [1.82, 2.24) is 24.9 Å². The van der Waals surface area contributed by atoms with Gasteiger partial charge in [-0.3, -0.25) is 24.9 Å². The number of nitrogens with zero attached hydrogens (tertiary/aromatic N) is 6. The number of aromatic nitrogens is 5. The summed E-state index contributed by atoms with van der Waals surface area (Å²) in [6.45, 7) is 0. The van der Waals surface area contributed by atoms with E-state index >= 15 is 0 Å². The molecule has 0 N–H and O–H groups in total. The van der Waals surface area contributed by atoms with E-state index in [0.717, 1.165) is 0 Å². The van der Waals surface area contributed by atoms with Crippen molar-refractivity contribution in [2.24, 2.45) is 0 Å². The van der Waals surface area contributed by atoms with Gasteiger partial charge < -0.3 is 51.4 Å². The molecular weight excluding hydrogens is 827 g/mol. The SMILES string of the molecule is [Cu+2].[Cu+2].[Cu+2].[Mo+3].[N-]=C=S.[O-2].[S-2].[S-2].[S-2].c1ccncc1.c1ccncc1.c1ccncc1.c1ccncc1.c1ccncc1. The van der Waals surface area contributed by atoms with E-state index in [4.69, 9.17) is 5.41 Å². The molecule has 15 heteroatoms. The Morgan fingerprint density at radius 2 is 0.463 bits per heavy atom. The summed E-state index contributed by atoms with van der Waals surface area (Å²) in [7, 11) is 0. The standard InChI is InChI=1S/5C5H5N.CNS.3Cu.Mo.O.3S/c5*1-2-4-6-5-3-1;2-1-3;;;;;;;;/h5*1-5H;;;;;;;;;/q;;;;;-1;3*+2;+3;4*-2. The molecule has 0 unspecified atom stereocenters. The molecule has 0 bridgehead atoms. The molecule has 4 radical (unpaired) electrons. The van der Waals surface area contributed by atoms with E-state index in [1.165, 1.54) is 5.16 Å². The van der Waals surface area contributed by atoms with Crippen molar-refractivity contribution in [3.8, 4) is 0 Å². The molecule has 5 heterocycles. The van der Waals surface area contributed by atoms with Gasteiger partial charge in [0.1, 0.15) is 0 Å². The maximum atomic E-state index is 7.13. The Kier molecular flexibility index (Phi) is 96.2. The van der Waals surface area contributed by atoms with Crippen LogP contribution in [-0.4, -0.2) is 30.1 Å². The van der Waals surface area contributed by atoms with Gasteiger partial charge in [-0.15, -0.1) is 0 Å². The van der Waals surface area contributed by atoms with Gasteiger partial charge in [0.2, 0.25) is 0 Å². The first-order valence-corrected chi connectivity index (χ1v) is 10.1. The quantitative estimate of drug-likeness (QED) is 0.109. The van der Waals surface area contributed by atoms with Gasteiger partial charge in [-0.25, -0.2) is 0 Å². The molecular formula is C26H25Cu3MoN6OS4. The molecule has 0 amide bonds. The molecule has 0 fully saturated rings. The van der Waals surface area contributed by atoms with Crippen molar-refractivity contribution in [1.29, 1.82) is 0 Å². The zero-order valence-electron chi connectivity index (χ0n) is 21.0. The molecule has 0 aliphatic carbocycles.